The van der Waals surface area contributed by atoms with Gasteiger partial charge in [0, 0.05) is 30.7 Å². The number of carbonyl (C=O) groups excluding carboxylic acids is 2. The summed E-state index contributed by atoms with van der Waals surface area (Å²) >= 11 is 0. The van der Waals surface area contributed by atoms with Crippen molar-refractivity contribution in [2.45, 2.75) is 19.8 Å². The molecule has 2 rings (SSSR count). The van der Waals surface area contributed by atoms with Crippen LogP contribution >= 0.6 is 0 Å². The molecule has 0 saturated carbocycles. The van der Waals surface area contributed by atoms with Gasteiger partial charge in [-0.1, -0.05) is 29.5 Å². The highest BCUT2D eigenvalue weighted by Crippen LogP contribution is 2.19. The molecule has 0 bridgehead atoms. The minimum Gasteiger partial charge on any atom is -0.872 e. The highest BCUT2D eigenvalue weighted by atomic mass is 16.6. The van der Waals surface area contributed by atoms with Gasteiger partial charge >= 0.3 is 0 Å². The first-order valence-corrected chi connectivity index (χ1v) is 7.99. The normalized spacial score (nSPS) is 10.6. The van der Waals surface area contributed by atoms with Crippen molar-refractivity contribution in [3.05, 3.63) is 63.7 Å². The van der Waals surface area contributed by atoms with Gasteiger partial charge in [-0.3, -0.25) is 19.7 Å². The quantitative estimate of drug-likeness (QED) is 0.436. The van der Waals surface area contributed by atoms with Crippen LogP contribution in [0.5, 0.6) is 5.75 Å². The number of hydrazone groups is 1. The standard InChI is InChI=1S/C18H18N4O5/c1-12-2-4-14(5-3-12)20-17(24)8-9-18(25)21-19-11-13-10-15(22(26)27)6-7-16(13)23/h2-7,10-11,23H,8-9H2,1H3,(H,20,24)(H,21,25)/p-1. The zero-order valence-corrected chi connectivity index (χ0v) is 14.5. The summed E-state index contributed by atoms with van der Waals surface area (Å²) in [6.45, 7) is 1.93. The molecule has 0 spiro atoms. The molecule has 9 nitrogen and oxygen atoms in total. The molecule has 0 saturated heterocycles. The Morgan fingerprint density at radius 2 is 1.78 bits per heavy atom. The number of hydrogen-bond donors (Lipinski definition) is 2. The number of aryl methyl sites for hydroxylation is 1. The first-order valence-electron chi connectivity index (χ1n) is 7.99. The van der Waals surface area contributed by atoms with E-state index in [1.54, 1.807) is 12.1 Å². The number of nitro benzene ring substituents is 1. The molecule has 0 atom stereocenters. The summed E-state index contributed by atoms with van der Waals surface area (Å²) < 4.78 is 0. The number of nitrogens with one attached hydrogen (secondary N) is 2. The zero-order valence-electron chi connectivity index (χ0n) is 14.5. The molecule has 2 N–H and O–H groups in total. The van der Waals surface area contributed by atoms with Crippen LogP contribution in [0.4, 0.5) is 11.4 Å². The SMILES string of the molecule is Cc1ccc(NC(=O)CCC(=O)NN=Cc2cc([N+](=O)[O-])ccc2[O-])cc1. The molecule has 2 aromatic carbocycles. The van der Waals surface area contributed by atoms with Gasteiger partial charge in [0.15, 0.2) is 0 Å². The third-order valence-electron chi connectivity index (χ3n) is 3.51. The van der Waals surface area contributed by atoms with E-state index >= 15 is 0 Å². The van der Waals surface area contributed by atoms with Crippen molar-refractivity contribution in [3.8, 4) is 5.75 Å². The minimum atomic E-state index is -0.637. The summed E-state index contributed by atoms with van der Waals surface area (Å²) in [6, 6.07) is 10.4. The topological polar surface area (TPSA) is 137 Å². The second-order valence-corrected chi connectivity index (χ2v) is 5.69. The van der Waals surface area contributed by atoms with E-state index in [0.29, 0.717) is 5.69 Å². The van der Waals surface area contributed by atoms with Gasteiger partial charge in [0.25, 0.3) is 5.69 Å². The van der Waals surface area contributed by atoms with Gasteiger partial charge in [-0.25, -0.2) is 5.43 Å². The number of carbonyl (C=O) groups is 2. The first-order chi connectivity index (χ1) is 12.8. The van der Waals surface area contributed by atoms with Crippen molar-refractivity contribution in [2.75, 3.05) is 5.32 Å². The van der Waals surface area contributed by atoms with Crippen LogP contribution in [-0.2, 0) is 9.59 Å². The van der Waals surface area contributed by atoms with Crippen molar-refractivity contribution >= 4 is 29.4 Å². The number of nitrogens with zero attached hydrogens (tertiary/aromatic N) is 2. The van der Waals surface area contributed by atoms with E-state index in [1.165, 1.54) is 0 Å². The van der Waals surface area contributed by atoms with Crippen LogP contribution in [0.1, 0.15) is 24.0 Å². The highest BCUT2D eigenvalue weighted by Gasteiger charge is 2.08. The Hall–Kier alpha value is -3.75. The number of non-ortho nitro benzene ring substituents is 1. The van der Waals surface area contributed by atoms with E-state index in [9.17, 15) is 24.8 Å². The third-order valence-corrected chi connectivity index (χ3v) is 3.51. The second kappa shape index (κ2) is 9.09. The molecule has 2 aromatic rings. The van der Waals surface area contributed by atoms with Crippen LogP contribution in [0.2, 0.25) is 0 Å². The predicted molar refractivity (Wildman–Crippen MR) is 97.3 cm³/mol. The van der Waals surface area contributed by atoms with Crippen LogP contribution in [0.3, 0.4) is 0 Å². The van der Waals surface area contributed by atoms with Crippen molar-refractivity contribution in [2.24, 2.45) is 5.10 Å². The lowest BCUT2D eigenvalue weighted by molar-refractivity contribution is -0.385. The third kappa shape index (κ3) is 6.24. The Morgan fingerprint density at radius 1 is 1.11 bits per heavy atom. The highest BCUT2D eigenvalue weighted by molar-refractivity contribution is 5.93. The van der Waals surface area contributed by atoms with E-state index in [-0.39, 0.29) is 30.0 Å². The van der Waals surface area contributed by atoms with Crippen LogP contribution in [0, 0.1) is 17.0 Å². The zero-order chi connectivity index (χ0) is 19.8. The van der Waals surface area contributed by atoms with Crippen molar-refractivity contribution in [3.63, 3.8) is 0 Å². The lowest BCUT2D eigenvalue weighted by atomic mass is 10.2. The van der Waals surface area contributed by atoms with Gasteiger partial charge in [0.1, 0.15) is 0 Å². The molecule has 27 heavy (non-hydrogen) atoms. The monoisotopic (exact) mass is 369 g/mol. The summed E-state index contributed by atoms with van der Waals surface area (Å²) in [6.07, 6.45) is 0.882. The Labute approximate surface area is 154 Å². The number of amides is 2. The fourth-order valence-corrected chi connectivity index (χ4v) is 2.07. The smallest absolute Gasteiger partial charge is 0.270 e. The first kappa shape index (κ1) is 19.6. The molecule has 140 valence electrons. The molecule has 0 fully saturated rings. The summed E-state index contributed by atoms with van der Waals surface area (Å²) in [5, 5.41) is 28.6. The molecule has 0 aliphatic carbocycles. The van der Waals surface area contributed by atoms with Gasteiger partial charge in [-0.05, 0) is 24.6 Å². The molecular weight excluding hydrogens is 352 g/mol. The Balaban J connectivity index is 1.81. The van der Waals surface area contributed by atoms with E-state index < -0.39 is 16.6 Å². The lowest BCUT2D eigenvalue weighted by Crippen LogP contribution is -2.20. The van der Waals surface area contributed by atoms with Gasteiger partial charge in [0.05, 0.1) is 11.1 Å². The van der Waals surface area contributed by atoms with Crippen molar-refractivity contribution in [1.29, 1.82) is 0 Å². The maximum atomic E-state index is 11.8. The number of nitro groups is 1. The maximum absolute atomic E-state index is 11.8. The van der Waals surface area contributed by atoms with Gasteiger partial charge in [-0.2, -0.15) is 5.10 Å². The van der Waals surface area contributed by atoms with Gasteiger partial charge < -0.3 is 10.4 Å². The van der Waals surface area contributed by atoms with Crippen LogP contribution < -0.4 is 15.8 Å². The summed E-state index contributed by atoms with van der Waals surface area (Å²) in [4.78, 5) is 33.6. The average Bonchev–Trinajstić information content (AvgIpc) is 2.63. The Bertz CT molecular complexity index is 878. The lowest BCUT2D eigenvalue weighted by Gasteiger charge is -2.08. The number of rotatable bonds is 7. The summed E-state index contributed by atoms with van der Waals surface area (Å²) in [5.74, 6) is -1.31. The average molecular weight is 369 g/mol. The number of hydrogen-bond acceptors (Lipinski definition) is 6. The molecule has 0 unspecified atom stereocenters. The van der Waals surface area contributed by atoms with E-state index in [1.807, 2.05) is 19.1 Å². The number of anilines is 1. The van der Waals surface area contributed by atoms with Gasteiger partial charge in [0.2, 0.25) is 11.8 Å². The summed E-state index contributed by atoms with van der Waals surface area (Å²) in [5.41, 5.74) is 3.60. The molecule has 9 heteroatoms. The van der Waals surface area contributed by atoms with Gasteiger partial charge in [-0.15, -0.1) is 0 Å². The number of benzene rings is 2. The summed E-state index contributed by atoms with van der Waals surface area (Å²) in [7, 11) is 0. The molecule has 0 aromatic heterocycles. The molecule has 2 amide bonds. The fourth-order valence-electron chi connectivity index (χ4n) is 2.07. The Morgan fingerprint density at radius 3 is 2.44 bits per heavy atom. The largest absolute Gasteiger partial charge is 0.872 e. The minimum absolute atomic E-state index is 0.0263. The molecular formula is C18H17N4O5-. The molecule has 0 heterocycles. The van der Waals surface area contributed by atoms with Crippen molar-refractivity contribution < 1.29 is 19.6 Å². The van der Waals surface area contributed by atoms with E-state index in [2.05, 4.69) is 15.8 Å². The van der Waals surface area contributed by atoms with Crippen LogP contribution in [-0.4, -0.2) is 23.0 Å². The predicted octanol–water partition coefficient (Wildman–Crippen LogP) is 1.85. The van der Waals surface area contributed by atoms with Crippen LogP contribution in [0.15, 0.2) is 47.6 Å². The molecule has 0 aliphatic rings. The van der Waals surface area contributed by atoms with Crippen molar-refractivity contribution in [1.82, 2.24) is 5.43 Å². The second-order valence-electron chi connectivity index (χ2n) is 5.69. The van der Waals surface area contributed by atoms with E-state index in [4.69, 9.17) is 0 Å². The van der Waals surface area contributed by atoms with E-state index in [0.717, 1.165) is 30.0 Å². The Kier molecular flexibility index (Phi) is 6.59. The maximum Gasteiger partial charge on any atom is 0.270 e. The fraction of sp³-hybridized carbons (Fsp3) is 0.167. The molecule has 0 radical (unpaired) electrons. The van der Waals surface area contributed by atoms with Crippen LogP contribution in [0.25, 0.3) is 0 Å². The molecule has 0 aliphatic heterocycles.